The first kappa shape index (κ1) is 14.6. The van der Waals surface area contributed by atoms with Gasteiger partial charge in [0.1, 0.15) is 12.0 Å². The molecule has 0 spiro atoms. The zero-order chi connectivity index (χ0) is 15.4. The third-order valence-electron chi connectivity index (χ3n) is 4.20. The maximum Gasteiger partial charge on any atom is 0.159 e. The largest absolute Gasteiger partial charge is 0.393 e. The van der Waals surface area contributed by atoms with Gasteiger partial charge in [0.15, 0.2) is 11.6 Å². The van der Waals surface area contributed by atoms with Crippen LogP contribution in [0, 0.1) is 0 Å². The summed E-state index contributed by atoms with van der Waals surface area (Å²) < 4.78 is 0. The van der Waals surface area contributed by atoms with Gasteiger partial charge in [0.05, 0.1) is 0 Å². The molecule has 1 heterocycles. The van der Waals surface area contributed by atoms with E-state index in [2.05, 4.69) is 39.7 Å². The van der Waals surface area contributed by atoms with Crippen LogP contribution in [0.3, 0.4) is 0 Å². The van der Waals surface area contributed by atoms with E-state index in [0.717, 1.165) is 17.9 Å². The molecule has 0 saturated heterocycles. The van der Waals surface area contributed by atoms with Crippen LogP contribution in [0.2, 0.25) is 0 Å². The van der Waals surface area contributed by atoms with Crippen molar-refractivity contribution in [2.24, 2.45) is 0 Å². The lowest BCUT2D eigenvalue weighted by Crippen LogP contribution is -2.17. The molecule has 1 aliphatic carbocycles. The smallest absolute Gasteiger partial charge is 0.159 e. The summed E-state index contributed by atoms with van der Waals surface area (Å²) in [6.45, 7) is 2.14. The maximum absolute atomic E-state index is 6.22. The lowest BCUT2D eigenvalue weighted by molar-refractivity contribution is 0.750. The number of nitrogen functional groups attached to an aromatic ring is 1. The summed E-state index contributed by atoms with van der Waals surface area (Å²) in [4.78, 5) is 8.55. The number of rotatable bonds is 5. The highest BCUT2D eigenvalue weighted by atomic mass is 15.1. The van der Waals surface area contributed by atoms with Gasteiger partial charge in [0.2, 0.25) is 0 Å². The van der Waals surface area contributed by atoms with Crippen molar-refractivity contribution in [2.75, 3.05) is 16.4 Å². The Morgan fingerprint density at radius 2 is 1.77 bits per heavy atom. The lowest BCUT2D eigenvalue weighted by atomic mass is 10.1. The van der Waals surface area contributed by atoms with Crippen LogP contribution in [-0.4, -0.2) is 16.0 Å². The van der Waals surface area contributed by atoms with Gasteiger partial charge in [-0.25, -0.2) is 9.97 Å². The third kappa shape index (κ3) is 3.30. The molecule has 0 unspecified atom stereocenters. The van der Waals surface area contributed by atoms with Gasteiger partial charge in [-0.15, -0.1) is 0 Å². The molecule has 5 heteroatoms. The topological polar surface area (TPSA) is 75.9 Å². The Labute approximate surface area is 131 Å². The second kappa shape index (κ2) is 6.64. The maximum atomic E-state index is 6.22. The lowest BCUT2D eigenvalue weighted by Gasteiger charge is -2.16. The SMILES string of the molecule is CCc1ccc(Nc2ncnc(NC3CCCC3)c2N)cc1. The molecule has 116 valence electrons. The van der Waals surface area contributed by atoms with Crippen molar-refractivity contribution in [3.8, 4) is 0 Å². The van der Waals surface area contributed by atoms with Gasteiger partial charge in [-0.05, 0) is 37.0 Å². The fourth-order valence-electron chi connectivity index (χ4n) is 2.83. The minimum Gasteiger partial charge on any atom is -0.393 e. The minimum atomic E-state index is 0.480. The Morgan fingerprint density at radius 3 is 2.45 bits per heavy atom. The molecule has 1 fully saturated rings. The van der Waals surface area contributed by atoms with E-state index >= 15 is 0 Å². The van der Waals surface area contributed by atoms with E-state index in [1.54, 1.807) is 6.33 Å². The van der Waals surface area contributed by atoms with Gasteiger partial charge in [-0.1, -0.05) is 31.9 Å². The van der Waals surface area contributed by atoms with Gasteiger partial charge in [0, 0.05) is 11.7 Å². The van der Waals surface area contributed by atoms with Crippen LogP contribution >= 0.6 is 0 Å². The highest BCUT2D eigenvalue weighted by Crippen LogP contribution is 2.29. The van der Waals surface area contributed by atoms with Crippen LogP contribution in [-0.2, 0) is 6.42 Å². The molecular formula is C17H23N5. The highest BCUT2D eigenvalue weighted by Gasteiger charge is 2.17. The van der Waals surface area contributed by atoms with Crippen molar-refractivity contribution in [3.05, 3.63) is 36.2 Å². The van der Waals surface area contributed by atoms with Gasteiger partial charge in [-0.3, -0.25) is 0 Å². The average molecular weight is 297 g/mol. The Hall–Kier alpha value is -2.30. The molecule has 0 atom stereocenters. The first-order chi connectivity index (χ1) is 10.8. The Morgan fingerprint density at radius 1 is 1.09 bits per heavy atom. The summed E-state index contributed by atoms with van der Waals surface area (Å²) in [5.41, 5.74) is 9.08. The quantitative estimate of drug-likeness (QED) is 0.784. The van der Waals surface area contributed by atoms with Crippen molar-refractivity contribution < 1.29 is 0 Å². The summed E-state index contributed by atoms with van der Waals surface area (Å²) in [6, 6.07) is 8.79. The summed E-state index contributed by atoms with van der Waals surface area (Å²) >= 11 is 0. The molecule has 1 aromatic carbocycles. The molecule has 5 nitrogen and oxygen atoms in total. The fourth-order valence-corrected chi connectivity index (χ4v) is 2.83. The van der Waals surface area contributed by atoms with Crippen LogP contribution in [0.5, 0.6) is 0 Å². The van der Waals surface area contributed by atoms with Crippen molar-refractivity contribution >= 4 is 23.0 Å². The van der Waals surface area contributed by atoms with Gasteiger partial charge in [-0.2, -0.15) is 0 Å². The highest BCUT2D eigenvalue weighted by molar-refractivity contribution is 5.77. The number of nitrogens with zero attached hydrogens (tertiary/aromatic N) is 2. The van der Waals surface area contributed by atoms with E-state index < -0.39 is 0 Å². The second-order valence-corrected chi connectivity index (χ2v) is 5.79. The number of aryl methyl sites for hydroxylation is 1. The Kier molecular flexibility index (Phi) is 4.42. The molecule has 0 aliphatic heterocycles. The number of benzene rings is 1. The van der Waals surface area contributed by atoms with E-state index in [1.807, 2.05) is 12.1 Å². The predicted molar refractivity (Wildman–Crippen MR) is 91.4 cm³/mol. The number of nitrogens with one attached hydrogen (secondary N) is 2. The van der Waals surface area contributed by atoms with Crippen LogP contribution in [0.1, 0.15) is 38.2 Å². The molecule has 3 rings (SSSR count). The first-order valence-corrected chi connectivity index (χ1v) is 7.99. The van der Waals surface area contributed by atoms with E-state index in [9.17, 15) is 0 Å². The number of anilines is 4. The molecule has 1 aliphatic rings. The molecule has 1 saturated carbocycles. The van der Waals surface area contributed by atoms with Crippen molar-refractivity contribution in [1.82, 2.24) is 9.97 Å². The number of nitrogens with two attached hydrogens (primary N) is 1. The Bertz CT molecular complexity index is 617. The zero-order valence-electron chi connectivity index (χ0n) is 13.0. The summed E-state index contributed by atoms with van der Waals surface area (Å²) in [5, 5.41) is 6.71. The fraction of sp³-hybridized carbons (Fsp3) is 0.412. The second-order valence-electron chi connectivity index (χ2n) is 5.79. The Balaban J connectivity index is 1.75. The number of aromatic nitrogens is 2. The molecule has 0 radical (unpaired) electrons. The zero-order valence-corrected chi connectivity index (χ0v) is 13.0. The van der Waals surface area contributed by atoms with E-state index in [1.165, 1.54) is 31.2 Å². The van der Waals surface area contributed by atoms with E-state index in [0.29, 0.717) is 17.5 Å². The summed E-state index contributed by atoms with van der Waals surface area (Å²) in [6.07, 6.45) is 7.51. The normalized spacial score (nSPS) is 15.0. The predicted octanol–water partition coefficient (Wildman–Crippen LogP) is 3.72. The summed E-state index contributed by atoms with van der Waals surface area (Å²) in [5.74, 6) is 1.38. The van der Waals surface area contributed by atoms with Gasteiger partial charge in [0.25, 0.3) is 0 Å². The van der Waals surface area contributed by atoms with Crippen LogP contribution < -0.4 is 16.4 Å². The third-order valence-corrected chi connectivity index (χ3v) is 4.20. The molecule has 22 heavy (non-hydrogen) atoms. The van der Waals surface area contributed by atoms with Gasteiger partial charge < -0.3 is 16.4 Å². The average Bonchev–Trinajstić information content (AvgIpc) is 3.05. The summed E-state index contributed by atoms with van der Waals surface area (Å²) in [7, 11) is 0. The molecule has 2 aromatic rings. The molecule has 0 amide bonds. The van der Waals surface area contributed by atoms with E-state index in [-0.39, 0.29) is 0 Å². The monoisotopic (exact) mass is 297 g/mol. The number of hydrogen-bond acceptors (Lipinski definition) is 5. The number of hydrogen-bond donors (Lipinski definition) is 3. The first-order valence-electron chi connectivity index (χ1n) is 7.99. The molecule has 4 N–H and O–H groups in total. The van der Waals surface area contributed by atoms with Crippen LogP contribution in [0.25, 0.3) is 0 Å². The van der Waals surface area contributed by atoms with Crippen molar-refractivity contribution in [2.45, 2.75) is 45.1 Å². The standard InChI is InChI=1S/C17H23N5/c1-2-12-7-9-14(10-8-12)22-17-15(18)16(19-11-20-17)21-13-5-3-4-6-13/h7-11,13H,2-6,18H2,1H3,(H2,19,20,21,22). The van der Waals surface area contributed by atoms with Crippen molar-refractivity contribution in [1.29, 1.82) is 0 Å². The van der Waals surface area contributed by atoms with Gasteiger partial charge >= 0.3 is 0 Å². The molecular weight excluding hydrogens is 274 g/mol. The van der Waals surface area contributed by atoms with Crippen molar-refractivity contribution in [3.63, 3.8) is 0 Å². The van der Waals surface area contributed by atoms with Crippen LogP contribution in [0.15, 0.2) is 30.6 Å². The molecule has 1 aromatic heterocycles. The van der Waals surface area contributed by atoms with Crippen LogP contribution in [0.4, 0.5) is 23.0 Å². The minimum absolute atomic E-state index is 0.480. The molecule has 0 bridgehead atoms. The van der Waals surface area contributed by atoms with E-state index in [4.69, 9.17) is 5.73 Å².